The fourth-order valence-corrected chi connectivity index (χ4v) is 2.33. The van der Waals surface area contributed by atoms with Crippen molar-refractivity contribution in [3.63, 3.8) is 0 Å². The lowest BCUT2D eigenvalue weighted by Crippen LogP contribution is -2.39. The Kier molecular flexibility index (Phi) is 5.10. The van der Waals surface area contributed by atoms with Crippen molar-refractivity contribution in [3.8, 4) is 0 Å². The molecule has 1 heterocycles. The minimum absolute atomic E-state index is 0.135. The van der Waals surface area contributed by atoms with Gasteiger partial charge in [-0.1, -0.05) is 6.07 Å². The number of ether oxygens (including phenoxy) is 1. The molecule has 0 atom stereocenters. The summed E-state index contributed by atoms with van der Waals surface area (Å²) in [6.07, 6.45) is 0.378. The number of aryl methyl sites for hydroxylation is 2. The SMILES string of the molecule is COC(=O)CN1N=C(C(=O)Nc2cc(C)cc(C)c2)CCC1=O. The summed E-state index contributed by atoms with van der Waals surface area (Å²) in [5.41, 5.74) is 2.96. The minimum atomic E-state index is -0.585. The summed E-state index contributed by atoms with van der Waals surface area (Å²) in [6.45, 7) is 3.59. The minimum Gasteiger partial charge on any atom is -0.468 e. The standard InChI is InChI=1S/C16H19N3O4/c1-10-6-11(2)8-12(7-10)17-16(22)13-4-5-14(20)19(18-13)9-15(21)23-3/h6-8H,4-5,9H2,1-3H3,(H,17,22). The number of nitrogens with one attached hydrogen (secondary N) is 1. The third-order valence-corrected chi connectivity index (χ3v) is 3.35. The zero-order valence-corrected chi connectivity index (χ0v) is 13.4. The Hall–Kier alpha value is -2.70. The van der Waals surface area contributed by atoms with Crippen LogP contribution < -0.4 is 5.32 Å². The molecule has 0 unspecified atom stereocenters. The third kappa shape index (κ3) is 4.38. The molecule has 122 valence electrons. The van der Waals surface area contributed by atoms with Gasteiger partial charge < -0.3 is 10.1 Å². The van der Waals surface area contributed by atoms with Gasteiger partial charge in [0.05, 0.1) is 7.11 Å². The monoisotopic (exact) mass is 317 g/mol. The van der Waals surface area contributed by atoms with Crippen LogP contribution in [0.5, 0.6) is 0 Å². The highest BCUT2D eigenvalue weighted by molar-refractivity contribution is 6.43. The van der Waals surface area contributed by atoms with E-state index in [-0.39, 0.29) is 36.9 Å². The molecule has 0 fully saturated rings. The first kappa shape index (κ1) is 16.7. The van der Waals surface area contributed by atoms with Crippen molar-refractivity contribution in [2.24, 2.45) is 5.10 Å². The van der Waals surface area contributed by atoms with E-state index < -0.39 is 5.97 Å². The predicted molar refractivity (Wildman–Crippen MR) is 84.9 cm³/mol. The number of hydrazone groups is 1. The first-order chi connectivity index (χ1) is 10.9. The molecule has 7 nitrogen and oxygen atoms in total. The summed E-state index contributed by atoms with van der Waals surface area (Å²) < 4.78 is 4.52. The molecule has 1 aromatic rings. The van der Waals surface area contributed by atoms with Crippen LogP contribution in [0.3, 0.4) is 0 Å². The highest BCUT2D eigenvalue weighted by Crippen LogP contribution is 2.15. The van der Waals surface area contributed by atoms with Gasteiger partial charge in [-0.3, -0.25) is 14.4 Å². The van der Waals surface area contributed by atoms with E-state index >= 15 is 0 Å². The Labute approximate surface area is 134 Å². The number of hydrogen-bond donors (Lipinski definition) is 1. The van der Waals surface area contributed by atoms with Crippen molar-refractivity contribution in [1.82, 2.24) is 5.01 Å². The van der Waals surface area contributed by atoms with Gasteiger partial charge in [0, 0.05) is 18.5 Å². The van der Waals surface area contributed by atoms with Crippen LogP contribution in [-0.2, 0) is 19.1 Å². The Morgan fingerprint density at radius 2 is 1.87 bits per heavy atom. The van der Waals surface area contributed by atoms with Crippen LogP contribution in [0.4, 0.5) is 5.69 Å². The fraction of sp³-hybridized carbons (Fsp3) is 0.375. The first-order valence-electron chi connectivity index (χ1n) is 7.23. The van der Waals surface area contributed by atoms with Crippen molar-refractivity contribution in [1.29, 1.82) is 0 Å². The van der Waals surface area contributed by atoms with Gasteiger partial charge in [-0.2, -0.15) is 5.10 Å². The maximum atomic E-state index is 12.3. The Morgan fingerprint density at radius 3 is 2.48 bits per heavy atom. The largest absolute Gasteiger partial charge is 0.468 e. The highest BCUT2D eigenvalue weighted by atomic mass is 16.5. The lowest BCUT2D eigenvalue weighted by Gasteiger charge is -2.22. The summed E-state index contributed by atoms with van der Waals surface area (Å²) >= 11 is 0. The summed E-state index contributed by atoms with van der Waals surface area (Å²) in [7, 11) is 1.23. The molecule has 23 heavy (non-hydrogen) atoms. The van der Waals surface area contributed by atoms with E-state index in [0.717, 1.165) is 16.1 Å². The molecular formula is C16H19N3O4. The number of hydrogen-bond acceptors (Lipinski definition) is 5. The fourth-order valence-electron chi connectivity index (χ4n) is 2.33. The van der Waals surface area contributed by atoms with E-state index in [1.165, 1.54) is 7.11 Å². The van der Waals surface area contributed by atoms with Crippen molar-refractivity contribution in [2.75, 3.05) is 19.0 Å². The molecule has 7 heteroatoms. The van der Waals surface area contributed by atoms with E-state index in [9.17, 15) is 14.4 Å². The lowest BCUT2D eigenvalue weighted by atomic mass is 10.1. The maximum absolute atomic E-state index is 12.3. The predicted octanol–water partition coefficient (Wildman–Crippen LogP) is 1.39. The van der Waals surface area contributed by atoms with Gasteiger partial charge in [0.2, 0.25) is 5.91 Å². The van der Waals surface area contributed by atoms with Gasteiger partial charge in [-0.15, -0.1) is 0 Å². The smallest absolute Gasteiger partial charge is 0.327 e. The van der Waals surface area contributed by atoms with Crippen LogP contribution in [0.15, 0.2) is 23.3 Å². The number of esters is 1. The van der Waals surface area contributed by atoms with Gasteiger partial charge >= 0.3 is 5.97 Å². The highest BCUT2D eigenvalue weighted by Gasteiger charge is 2.26. The van der Waals surface area contributed by atoms with Crippen molar-refractivity contribution >= 4 is 29.2 Å². The topological polar surface area (TPSA) is 88.1 Å². The number of benzene rings is 1. The number of rotatable bonds is 4. The molecular weight excluding hydrogens is 298 g/mol. The number of carbonyl (C=O) groups is 3. The molecule has 1 N–H and O–H groups in total. The quantitative estimate of drug-likeness (QED) is 0.850. The molecule has 0 spiro atoms. The molecule has 0 aromatic heterocycles. The van der Waals surface area contributed by atoms with Gasteiger partial charge in [-0.25, -0.2) is 5.01 Å². The van der Waals surface area contributed by atoms with Crippen LogP contribution in [0, 0.1) is 13.8 Å². The molecule has 2 rings (SSSR count). The molecule has 0 radical (unpaired) electrons. The summed E-state index contributed by atoms with van der Waals surface area (Å²) in [4.78, 5) is 35.3. The Morgan fingerprint density at radius 1 is 1.22 bits per heavy atom. The molecule has 0 bridgehead atoms. The molecule has 0 saturated carbocycles. The van der Waals surface area contributed by atoms with E-state index in [1.807, 2.05) is 32.0 Å². The van der Waals surface area contributed by atoms with Gasteiger partial charge in [0.15, 0.2) is 0 Å². The zero-order chi connectivity index (χ0) is 17.0. The molecule has 1 aromatic carbocycles. The van der Waals surface area contributed by atoms with Crippen LogP contribution in [0.25, 0.3) is 0 Å². The number of carbonyl (C=O) groups excluding carboxylic acids is 3. The van der Waals surface area contributed by atoms with Crippen molar-refractivity contribution < 1.29 is 19.1 Å². The molecule has 1 aliphatic heterocycles. The average molecular weight is 317 g/mol. The van der Waals surface area contributed by atoms with Gasteiger partial charge in [0.1, 0.15) is 12.3 Å². The summed E-state index contributed by atoms with van der Waals surface area (Å²) in [6, 6.07) is 5.71. The molecule has 1 aliphatic rings. The average Bonchev–Trinajstić information content (AvgIpc) is 2.48. The lowest BCUT2D eigenvalue weighted by molar-refractivity contribution is -0.147. The summed E-state index contributed by atoms with van der Waals surface area (Å²) in [5.74, 6) is -1.27. The Bertz CT molecular complexity index is 662. The van der Waals surface area contributed by atoms with Crippen molar-refractivity contribution in [2.45, 2.75) is 26.7 Å². The van der Waals surface area contributed by atoms with E-state index in [0.29, 0.717) is 5.69 Å². The summed E-state index contributed by atoms with van der Waals surface area (Å²) in [5, 5.41) is 7.73. The second-order valence-corrected chi connectivity index (χ2v) is 5.40. The molecule has 2 amide bonds. The zero-order valence-electron chi connectivity index (χ0n) is 13.4. The van der Waals surface area contributed by atoms with Crippen LogP contribution in [0.2, 0.25) is 0 Å². The third-order valence-electron chi connectivity index (χ3n) is 3.35. The van der Waals surface area contributed by atoms with Crippen LogP contribution >= 0.6 is 0 Å². The van der Waals surface area contributed by atoms with E-state index in [1.54, 1.807) is 0 Å². The number of nitrogens with zero attached hydrogens (tertiary/aromatic N) is 2. The molecule has 0 aliphatic carbocycles. The normalized spacial score (nSPS) is 14.3. The second kappa shape index (κ2) is 7.04. The number of amides is 2. The molecule has 0 saturated heterocycles. The number of methoxy groups -OCH3 is 1. The van der Waals surface area contributed by atoms with Crippen LogP contribution in [0.1, 0.15) is 24.0 Å². The first-order valence-corrected chi connectivity index (χ1v) is 7.23. The van der Waals surface area contributed by atoms with Crippen molar-refractivity contribution in [3.05, 3.63) is 29.3 Å². The van der Waals surface area contributed by atoms with E-state index in [2.05, 4.69) is 15.2 Å². The maximum Gasteiger partial charge on any atom is 0.327 e. The number of anilines is 1. The van der Waals surface area contributed by atoms with E-state index in [4.69, 9.17) is 0 Å². The Balaban J connectivity index is 2.12. The van der Waals surface area contributed by atoms with Gasteiger partial charge in [-0.05, 0) is 37.1 Å². The van der Waals surface area contributed by atoms with Gasteiger partial charge in [0.25, 0.3) is 5.91 Å². The second-order valence-electron chi connectivity index (χ2n) is 5.40. The van der Waals surface area contributed by atoms with Crippen LogP contribution in [-0.4, -0.2) is 42.2 Å².